The molecule has 1 N–H and O–H groups in total. The van der Waals surface area contributed by atoms with Crippen LogP contribution in [0.3, 0.4) is 0 Å². The number of aliphatic hydroxyl groups excluding tert-OH is 1. The van der Waals surface area contributed by atoms with Gasteiger partial charge in [-0.05, 0) is 31.0 Å². The van der Waals surface area contributed by atoms with Crippen LogP contribution in [0.25, 0.3) is 0 Å². The number of halogens is 1. The molecule has 0 aliphatic heterocycles. The average molecular weight is 226 g/mol. The van der Waals surface area contributed by atoms with E-state index < -0.39 is 6.10 Å². The van der Waals surface area contributed by atoms with Gasteiger partial charge < -0.3 is 9.84 Å². The van der Waals surface area contributed by atoms with Gasteiger partial charge in [-0.3, -0.25) is 0 Å². The van der Waals surface area contributed by atoms with Gasteiger partial charge in [-0.2, -0.15) is 0 Å². The van der Waals surface area contributed by atoms with Gasteiger partial charge in [0.05, 0.1) is 12.7 Å². The van der Waals surface area contributed by atoms with Gasteiger partial charge in [-0.15, -0.1) is 0 Å². The fourth-order valence-corrected chi connectivity index (χ4v) is 1.45. The Morgan fingerprint density at radius 3 is 2.69 bits per heavy atom. The second-order valence-corrected chi connectivity index (χ2v) is 3.95. The number of hydrogen-bond donors (Lipinski definition) is 1. The monoisotopic (exact) mass is 226 g/mol. The van der Waals surface area contributed by atoms with Crippen molar-refractivity contribution < 1.29 is 14.2 Å². The molecule has 0 aliphatic rings. The minimum absolute atomic E-state index is 0.371. The third-order valence-corrected chi connectivity index (χ3v) is 2.39. The zero-order valence-corrected chi connectivity index (χ0v) is 9.87. The molecule has 0 aliphatic carbocycles. The minimum atomic E-state index is -0.673. The molecule has 1 rings (SSSR count). The maximum Gasteiger partial charge on any atom is 0.127 e. The van der Waals surface area contributed by atoms with Crippen LogP contribution >= 0.6 is 0 Å². The van der Waals surface area contributed by atoms with Crippen LogP contribution in [-0.4, -0.2) is 11.7 Å². The van der Waals surface area contributed by atoms with Gasteiger partial charge in [0.1, 0.15) is 11.6 Å². The van der Waals surface area contributed by atoms with Gasteiger partial charge in [-0.1, -0.05) is 19.8 Å². The van der Waals surface area contributed by atoms with E-state index in [0.29, 0.717) is 17.9 Å². The summed E-state index contributed by atoms with van der Waals surface area (Å²) in [4.78, 5) is 0. The van der Waals surface area contributed by atoms with Crippen LogP contribution in [0.1, 0.15) is 44.8 Å². The van der Waals surface area contributed by atoms with E-state index in [1.165, 1.54) is 12.1 Å². The van der Waals surface area contributed by atoms with Gasteiger partial charge in [-0.25, -0.2) is 4.39 Å². The highest BCUT2D eigenvalue weighted by Gasteiger charge is 2.06. The van der Waals surface area contributed by atoms with E-state index in [4.69, 9.17) is 4.74 Å². The molecule has 0 fully saturated rings. The van der Waals surface area contributed by atoms with Crippen LogP contribution in [0.2, 0.25) is 0 Å². The van der Waals surface area contributed by atoms with Gasteiger partial charge in [0.15, 0.2) is 0 Å². The Hall–Kier alpha value is -1.09. The number of aliphatic hydroxyl groups is 1. The summed E-state index contributed by atoms with van der Waals surface area (Å²) in [5, 5.41) is 9.36. The van der Waals surface area contributed by atoms with Crippen LogP contribution in [0, 0.1) is 5.82 Å². The molecule has 0 radical (unpaired) electrons. The molecule has 1 aromatic rings. The van der Waals surface area contributed by atoms with Crippen molar-refractivity contribution in [2.75, 3.05) is 6.61 Å². The highest BCUT2D eigenvalue weighted by Crippen LogP contribution is 2.21. The third-order valence-electron chi connectivity index (χ3n) is 2.39. The quantitative estimate of drug-likeness (QED) is 0.753. The molecule has 16 heavy (non-hydrogen) atoms. The Morgan fingerprint density at radius 2 is 2.06 bits per heavy atom. The summed E-state index contributed by atoms with van der Waals surface area (Å²) in [7, 11) is 0. The topological polar surface area (TPSA) is 29.5 Å². The molecule has 1 atom stereocenters. The summed E-state index contributed by atoms with van der Waals surface area (Å²) >= 11 is 0. The molecule has 2 nitrogen and oxygen atoms in total. The molecule has 0 aromatic heterocycles. The number of benzene rings is 1. The Balaban J connectivity index is 2.58. The van der Waals surface area contributed by atoms with Gasteiger partial charge in [0.25, 0.3) is 0 Å². The van der Waals surface area contributed by atoms with E-state index >= 15 is 0 Å². The molecular formula is C13H19FO2. The maximum atomic E-state index is 13.2. The maximum absolute atomic E-state index is 13.2. The highest BCUT2D eigenvalue weighted by atomic mass is 19.1. The average Bonchev–Trinajstić information content (AvgIpc) is 2.23. The van der Waals surface area contributed by atoms with Crippen LogP contribution in [0.15, 0.2) is 18.2 Å². The number of hydrogen-bond acceptors (Lipinski definition) is 2. The van der Waals surface area contributed by atoms with Crippen molar-refractivity contribution >= 4 is 0 Å². The summed E-state index contributed by atoms with van der Waals surface area (Å²) in [6, 6.07) is 4.35. The van der Waals surface area contributed by atoms with Crippen LogP contribution in [0.4, 0.5) is 4.39 Å². The van der Waals surface area contributed by atoms with E-state index in [1.54, 1.807) is 13.0 Å². The Morgan fingerprint density at radius 1 is 1.31 bits per heavy atom. The van der Waals surface area contributed by atoms with Crippen molar-refractivity contribution in [2.45, 2.75) is 39.2 Å². The van der Waals surface area contributed by atoms with Gasteiger partial charge in [0, 0.05) is 6.07 Å². The molecule has 90 valence electrons. The predicted molar refractivity (Wildman–Crippen MR) is 62.1 cm³/mol. The number of ether oxygens (including phenoxy) is 1. The number of rotatable bonds is 6. The SMILES string of the molecule is CCCCCOc1cc(F)cc([C@H](C)O)c1. The van der Waals surface area contributed by atoms with Gasteiger partial charge in [0.2, 0.25) is 0 Å². The van der Waals surface area contributed by atoms with Crippen LogP contribution < -0.4 is 4.74 Å². The van der Waals surface area contributed by atoms with E-state index in [2.05, 4.69) is 6.92 Å². The van der Waals surface area contributed by atoms with E-state index in [1.807, 2.05) is 0 Å². The summed E-state index contributed by atoms with van der Waals surface area (Å²) in [6.07, 6.45) is 2.54. The second-order valence-electron chi connectivity index (χ2n) is 3.95. The summed E-state index contributed by atoms with van der Waals surface area (Å²) in [5.41, 5.74) is 0.547. The molecule has 0 unspecified atom stereocenters. The fourth-order valence-electron chi connectivity index (χ4n) is 1.45. The van der Waals surface area contributed by atoms with Crippen molar-refractivity contribution in [1.29, 1.82) is 0 Å². The van der Waals surface area contributed by atoms with E-state index in [0.717, 1.165) is 19.3 Å². The lowest BCUT2D eigenvalue weighted by Crippen LogP contribution is -1.99. The first-order valence-electron chi connectivity index (χ1n) is 5.75. The summed E-state index contributed by atoms with van der Waals surface area (Å²) < 4.78 is 18.6. The Kier molecular flexibility index (Phi) is 5.26. The Bertz CT molecular complexity index is 324. The fraction of sp³-hybridized carbons (Fsp3) is 0.538. The Labute approximate surface area is 96.1 Å². The van der Waals surface area contributed by atoms with Crippen LogP contribution in [-0.2, 0) is 0 Å². The van der Waals surface area contributed by atoms with Crippen molar-refractivity contribution in [3.05, 3.63) is 29.6 Å². The van der Waals surface area contributed by atoms with E-state index in [-0.39, 0.29) is 5.82 Å². The normalized spacial score (nSPS) is 12.5. The second kappa shape index (κ2) is 6.48. The van der Waals surface area contributed by atoms with Crippen molar-refractivity contribution in [1.82, 2.24) is 0 Å². The number of unbranched alkanes of at least 4 members (excludes halogenated alkanes) is 2. The lowest BCUT2D eigenvalue weighted by molar-refractivity contribution is 0.198. The van der Waals surface area contributed by atoms with Crippen molar-refractivity contribution in [3.8, 4) is 5.75 Å². The predicted octanol–water partition coefficient (Wildman–Crippen LogP) is 3.45. The molecule has 0 heterocycles. The molecule has 0 spiro atoms. The molecule has 0 saturated heterocycles. The zero-order valence-electron chi connectivity index (χ0n) is 9.87. The first kappa shape index (κ1) is 13.0. The molecule has 3 heteroatoms. The van der Waals surface area contributed by atoms with Crippen LogP contribution in [0.5, 0.6) is 5.75 Å². The smallest absolute Gasteiger partial charge is 0.127 e. The van der Waals surface area contributed by atoms with Crippen molar-refractivity contribution in [2.24, 2.45) is 0 Å². The largest absolute Gasteiger partial charge is 0.493 e. The lowest BCUT2D eigenvalue weighted by atomic mass is 10.1. The summed E-state index contributed by atoms with van der Waals surface area (Å²) in [5.74, 6) is 0.121. The molecule has 0 saturated carbocycles. The highest BCUT2D eigenvalue weighted by molar-refractivity contribution is 5.30. The zero-order chi connectivity index (χ0) is 12.0. The molecule has 0 amide bonds. The van der Waals surface area contributed by atoms with Crippen molar-refractivity contribution in [3.63, 3.8) is 0 Å². The standard InChI is InChI=1S/C13H19FO2/c1-3-4-5-6-16-13-8-11(10(2)15)7-12(14)9-13/h7-10,15H,3-6H2,1-2H3/t10-/m0/s1. The van der Waals surface area contributed by atoms with Gasteiger partial charge >= 0.3 is 0 Å². The lowest BCUT2D eigenvalue weighted by Gasteiger charge is -2.10. The third kappa shape index (κ3) is 4.19. The first-order chi connectivity index (χ1) is 7.63. The first-order valence-corrected chi connectivity index (χ1v) is 5.75. The molecule has 0 bridgehead atoms. The molecule has 1 aromatic carbocycles. The van der Waals surface area contributed by atoms with E-state index in [9.17, 15) is 9.50 Å². The summed E-state index contributed by atoms with van der Waals surface area (Å²) in [6.45, 7) is 4.32. The molecular weight excluding hydrogens is 207 g/mol. The minimum Gasteiger partial charge on any atom is -0.493 e.